The number of benzene rings is 2. The number of nitrogens with one attached hydrogen (secondary N) is 3. The summed E-state index contributed by atoms with van der Waals surface area (Å²) in [6.45, 7) is 2.03. The Bertz CT molecular complexity index is 1530. The predicted molar refractivity (Wildman–Crippen MR) is 143 cm³/mol. The minimum Gasteiger partial charge on any atom is -0.496 e. The molecule has 0 radical (unpaired) electrons. The maximum atomic E-state index is 13.4. The van der Waals surface area contributed by atoms with Crippen LogP contribution in [0.25, 0.3) is 21.7 Å². The summed E-state index contributed by atoms with van der Waals surface area (Å²) in [5.41, 5.74) is 1.52. The van der Waals surface area contributed by atoms with Crippen molar-refractivity contribution >= 4 is 45.0 Å². The van der Waals surface area contributed by atoms with E-state index < -0.39 is 11.7 Å². The van der Waals surface area contributed by atoms with Crippen molar-refractivity contribution in [2.45, 2.75) is 18.9 Å². The van der Waals surface area contributed by atoms with E-state index in [1.54, 1.807) is 29.4 Å². The van der Waals surface area contributed by atoms with Gasteiger partial charge in [0.05, 0.1) is 23.6 Å². The van der Waals surface area contributed by atoms with Gasteiger partial charge in [0, 0.05) is 55.6 Å². The van der Waals surface area contributed by atoms with Gasteiger partial charge in [-0.1, -0.05) is 24.3 Å². The maximum absolute atomic E-state index is 13.4. The molecule has 2 aliphatic rings. The number of aromatic amines is 1. The minimum absolute atomic E-state index is 0.260. The van der Waals surface area contributed by atoms with Crippen LogP contribution in [0.2, 0.25) is 0 Å². The zero-order valence-corrected chi connectivity index (χ0v) is 20.6. The smallest absolute Gasteiger partial charge is 0.295 e. The van der Waals surface area contributed by atoms with E-state index in [0.717, 1.165) is 29.4 Å². The van der Waals surface area contributed by atoms with Crippen LogP contribution in [0.1, 0.15) is 28.8 Å². The van der Waals surface area contributed by atoms with Gasteiger partial charge in [0.2, 0.25) is 0 Å². The van der Waals surface area contributed by atoms with Crippen LogP contribution in [-0.2, 0) is 4.79 Å². The van der Waals surface area contributed by atoms with E-state index in [9.17, 15) is 9.59 Å². The number of amidine groups is 1. The second-order valence-corrected chi connectivity index (χ2v) is 9.53. The SMILES string of the molecule is COc1ccc(C(=N)NC2CC2)c2[nH]cc(C(=O)C(=O)N3CCN(c4nccc5ccccc45)CC3)c12. The van der Waals surface area contributed by atoms with E-state index in [2.05, 4.69) is 32.3 Å². The topological polar surface area (TPSA) is 114 Å². The standard InChI is InChI=1S/C28H28N6O3/c1-37-22-9-8-20(26(29)32-18-6-7-18)24-23(22)21(16-31-24)25(35)28(36)34-14-12-33(13-15-34)27-19-5-3-2-4-17(19)10-11-30-27/h2-5,8-11,16,18,31H,6-7,12-15H2,1H3,(H2,29,32). The van der Waals surface area contributed by atoms with E-state index >= 15 is 0 Å². The van der Waals surface area contributed by atoms with E-state index in [1.165, 1.54) is 7.11 Å². The lowest BCUT2D eigenvalue weighted by atomic mass is 10.0. The first-order valence-electron chi connectivity index (χ1n) is 12.5. The number of hydrogen-bond donors (Lipinski definition) is 3. The van der Waals surface area contributed by atoms with Crippen LogP contribution < -0.4 is 15.0 Å². The minimum atomic E-state index is -0.583. The summed E-state index contributed by atoms with van der Waals surface area (Å²) >= 11 is 0. The number of ketones is 1. The van der Waals surface area contributed by atoms with Crippen molar-refractivity contribution in [3.63, 3.8) is 0 Å². The zero-order chi connectivity index (χ0) is 25.5. The monoisotopic (exact) mass is 496 g/mol. The van der Waals surface area contributed by atoms with Gasteiger partial charge >= 0.3 is 0 Å². The Balaban J connectivity index is 1.22. The summed E-state index contributed by atoms with van der Waals surface area (Å²) in [6, 6.07) is 14.0. The third-order valence-electron chi connectivity index (χ3n) is 7.17. The number of anilines is 1. The Kier molecular flexibility index (Phi) is 5.75. The van der Waals surface area contributed by atoms with Crippen molar-refractivity contribution in [1.82, 2.24) is 20.2 Å². The first-order valence-corrected chi connectivity index (χ1v) is 12.5. The van der Waals surface area contributed by atoms with Crippen LogP contribution >= 0.6 is 0 Å². The Hall–Kier alpha value is -4.40. The van der Waals surface area contributed by atoms with Gasteiger partial charge in [-0.05, 0) is 36.4 Å². The second kappa shape index (κ2) is 9.24. The Morgan fingerprint density at radius 1 is 1.05 bits per heavy atom. The molecule has 1 amide bonds. The van der Waals surface area contributed by atoms with Crippen LogP contribution in [-0.4, -0.2) is 71.7 Å². The molecular weight excluding hydrogens is 468 g/mol. The molecule has 3 N–H and O–H groups in total. The third kappa shape index (κ3) is 4.16. The van der Waals surface area contributed by atoms with Crippen LogP contribution in [0.15, 0.2) is 54.9 Å². The van der Waals surface area contributed by atoms with Gasteiger partial charge in [-0.3, -0.25) is 15.0 Å². The van der Waals surface area contributed by atoms with E-state index in [4.69, 9.17) is 10.1 Å². The number of aromatic nitrogens is 2. The molecule has 2 aromatic carbocycles. The highest BCUT2D eigenvalue weighted by molar-refractivity contribution is 6.45. The average molecular weight is 497 g/mol. The van der Waals surface area contributed by atoms with Gasteiger partial charge in [-0.2, -0.15) is 0 Å². The second-order valence-electron chi connectivity index (χ2n) is 9.53. The van der Waals surface area contributed by atoms with Gasteiger partial charge in [0.25, 0.3) is 11.7 Å². The molecule has 6 rings (SSSR count). The molecule has 1 aliphatic carbocycles. The van der Waals surface area contributed by atoms with Gasteiger partial charge in [-0.15, -0.1) is 0 Å². The fourth-order valence-electron chi connectivity index (χ4n) is 5.02. The predicted octanol–water partition coefficient (Wildman–Crippen LogP) is 3.33. The summed E-state index contributed by atoms with van der Waals surface area (Å²) in [6.07, 6.45) is 5.46. The van der Waals surface area contributed by atoms with E-state index in [0.29, 0.717) is 60.3 Å². The molecule has 9 nitrogen and oxygen atoms in total. The molecule has 9 heteroatoms. The van der Waals surface area contributed by atoms with Gasteiger partial charge < -0.3 is 24.8 Å². The summed E-state index contributed by atoms with van der Waals surface area (Å²) in [4.78, 5) is 38.2. The van der Waals surface area contributed by atoms with Crippen molar-refractivity contribution in [2.75, 3.05) is 38.2 Å². The van der Waals surface area contributed by atoms with Crippen molar-refractivity contribution in [3.05, 3.63) is 66.0 Å². The molecule has 2 aromatic heterocycles. The molecule has 0 unspecified atom stereocenters. The summed E-state index contributed by atoms with van der Waals surface area (Å²) in [5, 5.41) is 14.4. The fourth-order valence-corrected chi connectivity index (χ4v) is 5.02. The number of ether oxygens (including phenoxy) is 1. The number of Topliss-reactive ketones (excluding diaryl/α,β-unsaturated/α-hetero) is 1. The largest absolute Gasteiger partial charge is 0.496 e. The number of nitrogens with zero attached hydrogens (tertiary/aromatic N) is 3. The Morgan fingerprint density at radius 2 is 1.84 bits per heavy atom. The number of carbonyl (C=O) groups excluding carboxylic acids is 2. The first kappa shape index (κ1) is 23.0. The van der Waals surface area contributed by atoms with Crippen molar-refractivity contribution in [1.29, 1.82) is 5.41 Å². The van der Waals surface area contributed by atoms with Crippen molar-refractivity contribution in [3.8, 4) is 5.75 Å². The number of H-pyrrole nitrogens is 1. The molecule has 0 spiro atoms. The molecule has 3 heterocycles. The van der Waals surface area contributed by atoms with Crippen molar-refractivity contribution < 1.29 is 14.3 Å². The molecule has 0 atom stereocenters. The number of fused-ring (bicyclic) bond motifs is 2. The number of piperazine rings is 1. The third-order valence-corrected chi connectivity index (χ3v) is 7.17. The number of carbonyl (C=O) groups is 2. The van der Waals surface area contributed by atoms with Crippen LogP contribution in [0, 0.1) is 5.41 Å². The highest BCUT2D eigenvalue weighted by Crippen LogP contribution is 2.33. The molecule has 37 heavy (non-hydrogen) atoms. The van der Waals surface area contributed by atoms with Crippen LogP contribution in [0.5, 0.6) is 5.75 Å². The number of hydrogen-bond acceptors (Lipinski definition) is 6. The first-order chi connectivity index (χ1) is 18.0. The average Bonchev–Trinajstić information content (AvgIpc) is 3.65. The maximum Gasteiger partial charge on any atom is 0.295 e. The summed E-state index contributed by atoms with van der Waals surface area (Å²) in [7, 11) is 1.53. The highest BCUT2D eigenvalue weighted by atomic mass is 16.5. The highest BCUT2D eigenvalue weighted by Gasteiger charge is 2.31. The van der Waals surface area contributed by atoms with Crippen LogP contribution in [0.3, 0.4) is 0 Å². The van der Waals surface area contributed by atoms with Gasteiger partial charge in [0.1, 0.15) is 17.4 Å². The molecule has 1 aliphatic heterocycles. The molecule has 4 aromatic rings. The quantitative estimate of drug-likeness (QED) is 0.163. The summed E-state index contributed by atoms with van der Waals surface area (Å²) < 4.78 is 5.53. The number of rotatable bonds is 6. The van der Waals surface area contributed by atoms with Crippen LogP contribution in [0.4, 0.5) is 5.82 Å². The molecular formula is C28H28N6O3. The zero-order valence-electron chi connectivity index (χ0n) is 20.6. The molecule has 0 bridgehead atoms. The van der Waals surface area contributed by atoms with Gasteiger partial charge in [0.15, 0.2) is 0 Å². The van der Waals surface area contributed by atoms with Gasteiger partial charge in [-0.25, -0.2) is 4.98 Å². The molecule has 2 fully saturated rings. The molecule has 188 valence electrons. The lowest BCUT2D eigenvalue weighted by Crippen LogP contribution is -2.50. The lowest BCUT2D eigenvalue weighted by Gasteiger charge is -2.35. The lowest BCUT2D eigenvalue weighted by molar-refractivity contribution is -0.126. The fraction of sp³-hybridized carbons (Fsp3) is 0.286. The molecule has 1 saturated carbocycles. The number of pyridine rings is 1. The number of amides is 1. The Labute approximate surface area is 213 Å². The Morgan fingerprint density at radius 3 is 2.59 bits per heavy atom. The normalized spacial score (nSPS) is 15.7. The van der Waals surface area contributed by atoms with Crippen molar-refractivity contribution in [2.24, 2.45) is 0 Å². The van der Waals surface area contributed by atoms with E-state index in [-0.39, 0.29) is 5.56 Å². The molecule has 1 saturated heterocycles. The summed E-state index contributed by atoms with van der Waals surface area (Å²) in [5.74, 6) is 0.556. The van der Waals surface area contributed by atoms with E-state index in [1.807, 2.05) is 18.2 Å². The number of methoxy groups -OCH3 is 1.